The molecule has 6 heteroatoms. The lowest BCUT2D eigenvalue weighted by molar-refractivity contribution is 0.451. The standard InChI is InChI=1S/C5H3BN3O2/c7-1-5-8-2-4(3-9-5)11-6-10/h2-3,10H. The van der Waals surface area contributed by atoms with Gasteiger partial charge in [0.2, 0.25) is 5.82 Å². The molecule has 0 atom stereocenters. The van der Waals surface area contributed by atoms with E-state index in [2.05, 4.69) is 14.6 Å². The van der Waals surface area contributed by atoms with E-state index >= 15 is 0 Å². The molecule has 11 heavy (non-hydrogen) atoms. The summed E-state index contributed by atoms with van der Waals surface area (Å²) in [7, 11) is 0.519. The molecule has 1 rings (SSSR count). The van der Waals surface area contributed by atoms with E-state index in [0.717, 1.165) is 0 Å². The summed E-state index contributed by atoms with van der Waals surface area (Å²) in [5.41, 5.74) is 0. The van der Waals surface area contributed by atoms with Crippen LogP contribution in [0.2, 0.25) is 0 Å². The molecule has 0 bridgehead atoms. The lowest BCUT2D eigenvalue weighted by Crippen LogP contribution is -2.01. The topological polar surface area (TPSA) is 79.0 Å². The van der Waals surface area contributed by atoms with Crippen LogP contribution in [-0.2, 0) is 0 Å². The van der Waals surface area contributed by atoms with Gasteiger partial charge in [-0.1, -0.05) is 0 Å². The number of hydrogen-bond acceptors (Lipinski definition) is 5. The van der Waals surface area contributed by atoms with Gasteiger partial charge in [0.15, 0.2) is 0 Å². The van der Waals surface area contributed by atoms with Gasteiger partial charge in [-0.25, -0.2) is 9.97 Å². The number of nitriles is 1. The van der Waals surface area contributed by atoms with Crippen LogP contribution in [0.1, 0.15) is 5.82 Å². The maximum Gasteiger partial charge on any atom is 0.569 e. The second-order valence-corrected chi connectivity index (χ2v) is 1.58. The summed E-state index contributed by atoms with van der Waals surface area (Å²) in [5, 5.41) is 16.5. The first-order valence-corrected chi connectivity index (χ1v) is 2.71. The van der Waals surface area contributed by atoms with Crippen molar-refractivity contribution in [1.29, 1.82) is 5.26 Å². The van der Waals surface area contributed by atoms with Gasteiger partial charge in [0, 0.05) is 0 Å². The molecule has 0 unspecified atom stereocenters. The van der Waals surface area contributed by atoms with E-state index in [4.69, 9.17) is 10.3 Å². The molecule has 0 fully saturated rings. The molecule has 1 aromatic heterocycles. The molecule has 0 spiro atoms. The molecular formula is C5H3BN3O2. The lowest BCUT2D eigenvalue weighted by atomic mass is 10.4. The third-order valence-corrected chi connectivity index (χ3v) is 0.917. The SMILES string of the molecule is N#Cc1ncc(O[B]O)cn1. The van der Waals surface area contributed by atoms with Gasteiger partial charge in [0.05, 0.1) is 12.4 Å². The summed E-state index contributed by atoms with van der Waals surface area (Å²) in [4.78, 5) is 7.17. The zero-order valence-electron chi connectivity index (χ0n) is 5.43. The van der Waals surface area contributed by atoms with E-state index in [9.17, 15) is 0 Å². The first-order chi connectivity index (χ1) is 5.36. The molecule has 0 aromatic carbocycles. The molecule has 1 aromatic rings. The van der Waals surface area contributed by atoms with Crippen molar-refractivity contribution in [3.63, 3.8) is 0 Å². The minimum absolute atomic E-state index is 0.0651. The van der Waals surface area contributed by atoms with Crippen LogP contribution in [-0.4, -0.2) is 22.7 Å². The molecule has 0 saturated heterocycles. The van der Waals surface area contributed by atoms with E-state index in [1.54, 1.807) is 6.07 Å². The Hall–Kier alpha value is -1.61. The number of nitrogens with zero attached hydrogens (tertiary/aromatic N) is 3. The summed E-state index contributed by atoms with van der Waals surface area (Å²) in [6, 6.07) is 1.75. The average molecular weight is 148 g/mol. The fourth-order valence-corrected chi connectivity index (χ4v) is 0.496. The molecule has 1 N–H and O–H groups in total. The van der Waals surface area contributed by atoms with Gasteiger partial charge >= 0.3 is 7.69 Å². The van der Waals surface area contributed by atoms with Crippen LogP contribution in [0.4, 0.5) is 0 Å². The highest BCUT2D eigenvalue weighted by atomic mass is 16.5. The molecule has 0 aliphatic heterocycles. The van der Waals surface area contributed by atoms with Crippen LogP contribution in [0.5, 0.6) is 5.75 Å². The quantitative estimate of drug-likeness (QED) is 0.558. The number of hydrogen-bond donors (Lipinski definition) is 1. The summed E-state index contributed by atoms with van der Waals surface area (Å²) in [6.07, 6.45) is 2.58. The molecule has 0 saturated carbocycles. The van der Waals surface area contributed by atoms with E-state index in [-0.39, 0.29) is 11.6 Å². The molecule has 0 aliphatic rings. The van der Waals surface area contributed by atoms with Crippen molar-refractivity contribution in [3.05, 3.63) is 18.2 Å². The summed E-state index contributed by atoms with van der Waals surface area (Å²) < 4.78 is 4.50. The Bertz CT molecular complexity index is 268. The fourth-order valence-electron chi connectivity index (χ4n) is 0.496. The minimum Gasteiger partial charge on any atom is -0.535 e. The van der Waals surface area contributed by atoms with Crippen molar-refractivity contribution < 1.29 is 9.68 Å². The predicted molar refractivity (Wildman–Crippen MR) is 35.3 cm³/mol. The Morgan fingerprint density at radius 2 is 2.18 bits per heavy atom. The second kappa shape index (κ2) is 3.54. The number of rotatable bonds is 2. The second-order valence-electron chi connectivity index (χ2n) is 1.58. The molecule has 1 radical (unpaired) electrons. The van der Waals surface area contributed by atoms with Crippen molar-refractivity contribution in [2.75, 3.05) is 0 Å². The van der Waals surface area contributed by atoms with Crippen molar-refractivity contribution in [1.82, 2.24) is 9.97 Å². The number of aromatic nitrogens is 2. The fraction of sp³-hybridized carbons (Fsp3) is 0. The highest BCUT2D eigenvalue weighted by molar-refractivity contribution is 6.17. The van der Waals surface area contributed by atoms with Gasteiger partial charge in [0.25, 0.3) is 0 Å². The first kappa shape index (κ1) is 7.50. The predicted octanol–water partition coefficient (Wildman–Crippen LogP) is -0.746. The minimum atomic E-state index is 0.0651. The van der Waals surface area contributed by atoms with Crippen LogP contribution in [0.15, 0.2) is 12.4 Å². The Labute approximate surface area is 63.6 Å². The zero-order chi connectivity index (χ0) is 8.10. The summed E-state index contributed by atoms with van der Waals surface area (Å²) >= 11 is 0. The molecule has 0 amide bonds. The maximum absolute atomic E-state index is 8.29. The normalized spacial score (nSPS) is 8.36. The van der Waals surface area contributed by atoms with Gasteiger partial charge in [-0.15, -0.1) is 0 Å². The van der Waals surface area contributed by atoms with Crippen LogP contribution in [0.3, 0.4) is 0 Å². The third kappa shape index (κ3) is 1.91. The Morgan fingerprint density at radius 3 is 2.64 bits per heavy atom. The van der Waals surface area contributed by atoms with E-state index in [1.165, 1.54) is 12.4 Å². The molecule has 53 valence electrons. The first-order valence-electron chi connectivity index (χ1n) is 2.71. The van der Waals surface area contributed by atoms with Crippen LogP contribution in [0.25, 0.3) is 0 Å². The van der Waals surface area contributed by atoms with Crippen molar-refractivity contribution in [3.8, 4) is 11.8 Å². The van der Waals surface area contributed by atoms with Gasteiger partial charge in [0.1, 0.15) is 11.8 Å². The lowest BCUT2D eigenvalue weighted by Gasteiger charge is -1.97. The smallest absolute Gasteiger partial charge is 0.535 e. The van der Waals surface area contributed by atoms with Crippen LogP contribution < -0.4 is 4.65 Å². The van der Waals surface area contributed by atoms with E-state index in [1.807, 2.05) is 0 Å². The van der Waals surface area contributed by atoms with Crippen molar-refractivity contribution in [2.24, 2.45) is 0 Å². The van der Waals surface area contributed by atoms with Gasteiger partial charge in [-0.05, 0) is 0 Å². The average Bonchev–Trinajstić information content (AvgIpc) is 2.07. The Balaban J connectivity index is 2.76. The summed E-state index contributed by atoms with van der Waals surface area (Å²) in [5.74, 6) is 0.349. The monoisotopic (exact) mass is 148 g/mol. The van der Waals surface area contributed by atoms with Crippen molar-refractivity contribution >= 4 is 7.69 Å². The third-order valence-electron chi connectivity index (χ3n) is 0.917. The molecule has 0 aliphatic carbocycles. The zero-order valence-corrected chi connectivity index (χ0v) is 5.43. The molecule has 5 nitrogen and oxygen atoms in total. The molecule has 1 heterocycles. The van der Waals surface area contributed by atoms with Gasteiger partial charge < -0.3 is 9.68 Å². The Kier molecular flexibility index (Phi) is 2.41. The van der Waals surface area contributed by atoms with Crippen molar-refractivity contribution in [2.45, 2.75) is 0 Å². The van der Waals surface area contributed by atoms with Gasteiger partial charge in [-0.3, -0.25) is 0 Å². The maximum atomic E-state index is 8.29. The van der Waals surface area contributed by atoms with E-state index < -0.39 is 0 Å². The summed E-state index contributed by atoms with van der Waals surface area (Å²) in [6.45, 7) is 0. The highest BCUT2D eigenvalue weighted by Gasteiger charge is 1.96. The highest BCUT2D eigenvalue weighted by Crippen LogP contribution is 2.03. The Morgan fingerprint density at radius 1 is 1.55 bits per heavy atom. The van der Waals surface area contributed by atoms with Crippen LogP contribution in [0, 0.1) is 11.3 Å². The largest absolute Gasteiger partial charge is 0.569 e. The molecular weight excluding hydrogens is 145 g/mol. The van der Waals surface area contributed by atoms with E-state index in [0.29, 0.717) is 7.69 Å². The van der Waals surface area contributed by atoms with Crippen LogP contribution >= 0.6 is 0 Å². The van der Waals surface area contributed by atoms with Gasteiger partial charge in [-0.2, -0.15) is 5.26 Å².